The normalized spacial score (nSPS) is 10.9. The Balaban J connectivity index is 1.81. The molecule has 2 amide bonds. The molecule has 0 spiro atoms. The maximum Gasteiger partial charge on any atom is 0.411 e. The lowest BCUT2D eigenvalue weighted by atomic mass is 10.1. The zero-order valence-electron chi connectivity index (χ0n) is 18.9. The second kappa shape index (κ2) is 10.6. The first-order chi connectivity index (χ1) is 15.8. The molecule has 0 saturated carbocycles. The predicted octanol–water partition coefficient (Wildman–Crippen LogP) is 2.30. The zero-order chi connectivity index (χ0) is 24.0. The van der Waals surface area contributed by atoms with E-state index in [1.807, 2.05) is 19.9 Å². The number of anilines is 1. The van der Waals surface area contributed by atoms with Gasteiger partial charge < -0.3 is 10.4 Å². The van der Waals surface area contributed by atoms with E-state index in [1.165, 1.54) is 11.0 Å². The van der Waals surface area contributed by atoms with Crippen LogP contribution in [0.4, 0.5) is 10.5 Å². The zero-order valence-corrected chi connectivity index (χ0v) is 18.9. The van der Waals surface area contributed by atoms with Crippen molar-refractivity contribution in [3.05, 3.63) is 70.4 Å². The van der Waals surface area contributed by atoms with Gasteiger partial charge in [0.1, 0.15) is 11.4 Å². The van der Waals surface area contributed by atoms with Crippen LogP contribution in [-0.4, -0.2) is 50.3 Å². The third-order valence-electron chi connectivity index (χ3n) is 4.98. The van der Waals surface area contributed by atoms with Crippen molar-refractivity contribution in [2.45, 2.75) is 33.2 Å². The summed E-state index contributed by atoms with van der Waals surface area (Å²) in [4.78, 5) is 36.9. The van der Waals surface area contributed by atoms with Gasteiger partial charge in [-0.25, -0.2) is 9.48 Å². The van der Waals surface area contributed by atoms with Crippen LogP contribution in [0.25, 0.3) is 5.69 Å². The van der Waals surface area contributed by atoms with Crippen molar-refractivity contribution in [1.82, 2.24) is 24.9 Å². The van der Waals surface area contributed by atoms with Crippen molar-refractivity contribution in [2.24, 2.45) is 5.92 Å². The molecule has 10 nitrogen and oxygen atoms in total. The number of amides is 2. The Morgan fingerprint density at radius 3 is 2.73 bits per heavy atom. The molecule has 0 aliphatic heterocycles. The quantitative estimate of drug-likeness (QED) is 0.514. The maximum atomic E-state index is 12.4. The SMILES string of the molecule is CNC(=O)CCn1cc(-n2ccc(=O)c(Cc3cccc(N(CC(C)C)C(=O)O)c3)n2)cn1. The van der Waals surface area contributed by atoms with Crippen LogP contribution in [0.1, 0.15) is 31.5 Å². The fourth-order valence-electron chi connectivity index (χ4n) is 3.33. The third-order valence-corrected chi connectivity index (χ3v) is 4.98. The number of benzene rings is 1. The molecule has 174 valence electrons. The third kappa shape index (κ3) is 6.28. The number of hydrogen-bond donors (Lipinski definition) is 2. The molecular weight excluding hydrogens is 424 g/mol. The fourth-order valence-corrected chi connectivity index (χ4v) is 3.33. The summed E-state index contributed by atoms with van der Waals surface area (Å²) in [5.41, 5.74) is 2.13. The molecule has 33 heavy (non-hydrogen) atoms. The molecule has 0 fully saturated rings. The Morgan fingerprint density at radius 2 is 2.03 bits per heavy atom. The van der Waals surface area contributed by atoms with E-state index < -0.39 is 6.09 Å². The van der Waals surface area contributed by atoms with Gasteiger partial charge in [-0.2, -0.15) is 10.2 Å². The van der Waals surface area contributed by atoms with Crippen molar-refractivity contribution >= 4 is 17.7 Å². The fraction of sp³-hybridized carbons (Fsp3) is 0.348. The summed E-state index contributed by atoms with van der Waals surface area (Å²) in [7, 11) is 1.59. The topological polar surface area (TPSA) is 122 Å². The van der Waals surface area contributed by atoms with Gasteiger partial charge in [0, 0.05) is 50.9 Å². The Morgan fingerprint density at radius 1 is 1.24 bits per heavy atom. The number of carbonyl (C=O) groups excluding carboxylic acids is 1. The van der Waals surface area contributed by atoms with Gasteiger partial charge in [-0.15, -0.1) is 0 Å². The molecule has 0 radical (unpaired) electrons. The molecule has 0 saturated heterocycles. The van der Waals surface area contributed by atoms with Crippen molar-refractivity contribution < 1.29 is 14.7 Å². The minimum Gasteiger partial charge on any atom is -0.465 e. The van der Waals surface area contributed by atoms with E-state index in [0.29, 0.717) is 36.6 Å². The predicted molar refractivity (Wildman–Crippen MR) is 124 cm³/mol. The molecule has 10 heteroatoms. The van der Waals surface area contributed by atoms with Crippen LogP contribution >= 0.6 is 0 Å². The second-order valence-corrected chi connectivity index (χ2v) is 8.09. The van der Waals surface area contributed by atoms with Crippen LogP contribution in [0, 0.1) is 5.92 Å². The lowest BCUT2D eigenvalue weighted by Crippen LogP contribution is -2.32. The highest BCUT2D eigenvalue weighted by Crippen LogP contribution is 2.19. The standard InChI is InChI=1S/C23H28N6O4/c1-16(2)14-28(23(32)33)18-6-4-5-17(11-18)12-20-21(30)7-10-29(26-20)19-13-25-27(15-19)9-8-22(31)24-3/h4-7,10-11,13,15-16H,8-9,12,14H2,1-3H3,(H,24,31)(H,32,33). The summed E-state index contributed by atoms with van der Waals surface area (Å²) < 4.78 is 3.20. The Bertz CT molecular complexity index is 1180. The average Bonchev–Trinajstić information content (AvgIpc) is 3.26. The average molecular weight is 453 g/mol. The van der Waals surface area contributed by atoms with Gasteiger partial charge in [-0.1, -0.05) is 26.0 Å². The van der Waals surface area contributed by atoms with E-state index in [9.17, 15) is 19.5 Å². The highest BCUT2D eigenvalue weighted by Gasteiger charge is 2.16. The first-order valence-corrected chi connectivity index (χ1v) is 10.7. The summed E-state index contributed by atoms with van der Waals surface area (Å²) in [6.07, 6.45) is 4.48. The van der Waals surface area contributed by atoms with Crippen molar-refractivity contribution in [3.8, 4) is 5.69 Å². The van der Waals surface area contributed by atoms with Gasteiger partial charge in [0.25, 0.3) is 0 Å². The molecule has 3 rings (SSSR count). The Hall–Kier alpha value is -3.95. The molecule has 0 aliphatic rings. The van der Waals surface area contributed by atoms with Gasteiger partial charge in [0.15, 0.2) is 0 Å². The summed E-state index contributed by atoms with van der Waals surface area (Å²) in [5.74, 6) is 0.0953. The van der Waals surface area contributed by atoms with Crippen molar-refractivity contribution in [2.75, 3.05) is 18.5 Å². The van der Waals surface area contributed by atoms with Crippen LogP contribution < -0.4 is 15.6 Å². The number of aryl methyl sites for hydroxylation is 1. The minimum atomic E-state index is -1.02. The van der Waals surface area contributed by atoms with Gasteiger partial charge in [-0.05, 0) is 23.6 Å². The van der Waals surface area contributed by atoms with Crippen LogP contribution in [0.5, 0.6) is 0 Å². The van der Waals surface area contributed by atoms with Gasteiger partial charge in [-0.3, -0.25) is 19.2 Å². The lowest BCUT2D eigenvalue weighted by molar-refractivity contribution is -0.120. The van der Waals surface area contributed by atoms with Gasteiger partial charge >= 0.3 is 6.09 Å². The second-order valence-electron chi connectivity index (χ2n) is 8.09. The summed E-state index contributed by atoms with van der Waals surface area (Å²) in [6, 6.07) is 8.57. The maximum absolute atomic E-state index is 12.4. The summed E-state index contributed by atoms with van der Waals surface area (Å²) >= 11 is 0. The molecule has 0 unspecified atom stereocenters. The lowest BCUT2D eigenvalue weighted by Gasteiger charge is -2.22. The minimum absolute atomic E-state index is 0.0760. The Kier molecular flexibility index (Phi) is 7.60. The van der Waals surface area contributed by atoms with Crippen molar-refractivity contribution in [1.29, 1.82) is 0 Å². The van der Waals surface area contributed by atoms with E-state index in [4.69, 9.17) is 0 Å². The number of carboxylic acid groups (broad SMARTS) is 1. The monoisotopic (exact) mass is 452 g/mol. The molecule has 2 N–H and O–H groups in total. The number of carbonyl (C=O) groups is 2. The van der Waals surface area contributed by atoms with Crippen LogP contribution in [0.15, 0.2) is 53.7 Å². The van der Waals surface area contributed by atoms with E-state index >= 15 is 0 Å². The van der Waals surface area contributed by atoms with Crippen molar-refractivity contribution in [3.63, 3.8) is 0 Å². The highest BCUT2D eigenvalue weighted by molar-refractivity contribution is 5.86. The number of hydrogen-bond acceptors (Lipinski definition) is 5. The van der Waals surface area contributed by atoms with Crippen LogP contribution in [-0.2, 0) is 17.8 Å². The van der Waals surface area contributed by atoms with E-state index in [1.54, 1.807) is 53.2 Å². The largest absolute Gasteiger partial charge is 0.465 e. The van der Waals surface area contributed by atoms with Gasteiger partial charge in [0.2, 0.25) is 11.3 Å². The smallest absolute Gasteiger partial charge is 0.411 e. The first kappa shape index (κ1) is 23.7. The molecule has 0 atom stereocenters. The molecule has 0 aliphatic carbocycles. The molecule has 1 aromatic carbocycles. The summed E-state index contributed by atoms with van der Waals surface area (Å²) in [6.45, 7) is 4.71. The van der Waals surface area contributed by atoms with Gasteiger partial charge in [0.05, 0.1) is 12.4 Å². The first-order valence-electron chi connectivity index (χ1n) is 10.7. The van der Waals surface area contributed by atoms with E-state index in [-0.39, 0.29) is 23.7 Å². The van der Waals surface area contributed by atoms with E-state index in [0.717, 1.165) is 5.56 Å². The number of rotatable bonds is 9. The molecule has 2 aromatic heterocycles. The summed E-state index contributed by atoms with van der Waals surface area (Å²) in [5, 5.41) is 20.9. The number of aromatic nitrogens is 4. The van der Waals surface area contributed by atoms with E-state index in [2.05, 4.69) is 15.5 Å². The Labute approximate surface area is 191 Å². The molecule has 0 bridgehead atoms. The number of nitrogens with zero attached hydrogens (tertiary/aromatic N) is 5. The molecular formula is C23H28N6O4. The van der Waals surface area contributed by atoms with Crippen LogP contribution in [0.3, 0.4) is 0 Å². The molecule has 2 heterocycles. The highest BCUT2D eigenvalue weighted by atomic mass is 16.4. The molecule has 3 aromatic rings. The van der Waals surface area contributed by atoms with Crippen LogP contribution in [0.2, 0.25) is 0 Å². The number of nitrogens with one attached hydrogen (secondary N) is 1.